The van der Waals surface area contributed by atoms with Crippen LogP contribution in [0.1, 0.15) is 10.4 Å². The molecular formula is C13H7ClF2O2. The van der Waals surface area contributed by atoms with Crippen LogP contribution < -0.4 is 0 Å². The Balaban J connectivity index is 2.56. The predicted octanol–water partition coefficient (Wildman–Crippen LogP) is 3.98. The topological polar surface area (TPSA) is 37.3 Å². The Bertz CT molecular complexity index is 609. The molecule has 18 heavy (non-hydrogen) atoms. The Morgan fingerprint density at radius 2 is 1.72 bits per heavy atom. The molecule has 2 rings (SSSR count). The van der Waals surface area contributed by atoms with Crippen molar-refractivity contribution in [2.75, 3.05) is 0 Å². The van der Waals surface area contributed by atoms with Gasteiger partial charge in [0, 0.05) is 5.56 Å². The number of aromatic carboxylic acids is 1. The molecule has 0 atom stereocenters. The third kappa shape index (κ3) is 2.33. The number of carbonyl (C=O) groups is 1. The molecule has 0 aliphatic rings. The maximum atomic E-state index is 13.8. The molecule has 2 aromatic carbocycles. The molecule has 0 heterocycles. The van der Waals surface area contributed by atoms with Crippen molar-refractivity contribution in [3.05, 3.63) is 58.6 Å². The van der Waals surface area contributed by atoms with E-state index in [2.05, 4.69) is 0 Å². The molecule has 0 fully saturated rings. The van der Waals surface area contributed by atoms with Crippen LogP contribution in [-0.2, 0) is 0 Å². The first-order valence-corrected chi connectivity index (χ1v) is 5.35. The Hall–Kier alpha value is -1.94. The van der Waals surface area contributed by atoms with Crippen LogP contribution in [-0.4, -0.2) is 11.1 Å². The second-order valence-corrected chi connectivity index (χ2v) is 4.03. The minimum absolute atomic E-state index is 0.0665. The fraction of sp³-hybridized carbons (Fsp3) is 0. The van der Waals surface area contributed by atoms with Crippen LogP contribution in [0.3, 0.4) is 0 Å². The van der Waals surface area contributed by atoms with E-state index in [1.807, 2.05) is 0 Å². The SMILES string of the molecule is O=C(O)c1cc(F)c(-c2ccc(F)cc2)cc1Cl. The van der Waals surface area contributed by atoms with Gasteiger partial charge < -0.3 is 5.11 Å². The minimum Gasteiger partial charge on any atom is -0.478 e. The van der Waals surface area contributed by atoms with E-state index in [-0.39, 0.29) is 16.1 Å². The molecule has 0 bridgehead atoms. The van der Waals surface area contributed by atoms with Crippen molar-refractivity contribution < 1.29 is 18.7 Å². The van der Waals surface area contributed by atoms with Gasteiger partial charge in [0.15, 0.2) is 0 Å². The highest BCUT2D eigenvalue weighted by Gasteiger charge is 2.14. The second-order valence-electron chi connectivity index (χ2n) is 3.62. The number of hydrogen-bond acceptors (Lipinski definition) is 1. The van der Waals surface area contributed by atoms with Crippen molar-refractivity contribution >= 4 is 17.6 Å². The summed E-state index contributed by atoms with van der Waals surface area (Å²) in [6, 6.07) is 7.23. The van der Waals surface area contributed by atoms with E-state index in [1.54, 1.807) is 0 Å². The number of carboxylic acids is 1. The Labute approximate surface area is 106 Å². The van der Waals surface area contributed by atoms with Gasteiger partial charge in [-0.3, -0.25) is 0 Å². The third-order valence-electron chi connectivity index (χ3n) is 2.44. The summed E-state index contributed by atoms with van der Waals surface area (Å²) in [5, 5.41) is 8.72. The molecule has 0 unspecified atom stereocenters. The molecular weight excluding hydrogens is 262 g/mol. The first kappa shape index (κ1) is 12.5. The lowest BCUT2D eigenvalue weighted by molar-refractivity contribution is 0.0696. The van der Waals surface area contributed by atoms with Crippen LogP contribution in [0.25, 0.3) is 11.1 Å². The maximum Gasteiger partial charge on any atom is 0.337 e. The first-order valence-electron chi connectivity index (χ1n) is 4.97. The van der Waals surface area contributed by atoms with Gasteiger partial charge in [-0.2, -0.15) is 0 Å². The number of carboxylic acid groups (broad SMARTS) is 1. The summed E-state index contributed by atoms with van der Waals surface area (Å²) in [4.78, 5) is 10.8. The molecule has 1 N–H and O–H groups in total. The van der Waals surface area contributed by atoms with E-state index in [1.165, 1.54) is 30.3 Å². The Morgan fingerprint density at radius 1 is 1.11 bits per heavy atom. The minimum atomic E-state index is -1.30. The highest BCUT2D eigenvalue weighted by atomic mass is 35.5. The normalized spacial score (nSPS) is 10.4. The standard InChI is InChI=1S/C13H7ClF2O2/c14-11-5-9(7-1-3-8(15)4-2-7)12(16)6-10(11)13(17)18/h1-6H,(H,17,18). The number of benzene rings is 2. The zero-order valence-corrected chi connectivity index (χ0v) is 9.71. The fourth-order valence-corrected chi connectivity index (χ4v) is 1.81. The van der Waals surface area contributed by atoms with Gasteiger partial charge in [-0.1, -0.05) is 23.7 Å². The van der Waals surface area contributed by atoms with Gasteiger partial charge in [0.05, 0.1) is 10.6 Å². The van der Waals surface area contributed by atoms with Crippen molar-refractivity contribution in [1.82, 2.24) is 0 Å². The molecule has 0 aromatic heterocycles. The van der Waals surface area contributed by atoms with Gasteiger partial charge in [-0.05, 0) is 29.8 Å². The molecule has 0 amide bonds. The van der Waals surface area contributed by atoms with Crippen LogP contribution in [0.2, 0.25) is 5.02 Å². The van der Waals surface area contributed by atoms with Crippen molar-refractivity contribution in [1.29, 1.82) is 0 Å². The molecule has 0 saturated carbocycles. The summed E-state index contributed by atoms with van der Waals surface area (Å²) in [5.41, 5.74) is 0.248. The Kier molecular flexibility index (Phi) is 3.30. The molecule has 5 heteroatoms. The van der Waals surface area contributed by atoms with Crippen LogP contribution >= 0.6 is 11.6 Å². The largest absolute Gasteiger partial charge is 0.478 e. The monoisotopic (exact) mass is 268 g/mol. The molecule has 0 aliphatic heterocycles. The summed E-state index contributed by atoms with van der Waals surface area (Å²) < 4.78 is 26.5. The van der Waals surface area contributed by atoms with Crippen molar-refractivity contribution in [2.45, 2.75) is 0 Å². The smallest absolute Gasteiger partial charge is 0.337 e. The van der Waals surface area contributed by atoms with Gasteiger partial charge in [-0.15, -0.1) is 0 Å². The first-order chi connectivity index (χ1) is 8.49. The van der Waals surface area contributed by atoms with Crippen LogP contribution in [0, 0.1) is 11.6 Å². The fourth-order valence-electron chi connectivity index (χ4n) is 1.56. The summed E-state index contributed by atoms with van der Waals surface area (Å²) in [7, 11) is 0. The highest BCUT2D eigenvalue weighted by molar-refractivity contribution is 6.33. The lowest BCUT2D eigenvalue weighted by atomic mass is 10.0. The molecule has 0 aliphatic carbocycles. The van der Waals surface area contributed by atoms with Gasteiger partial charge in [0.2, 0.25) is 0 Å². The maximum absolute atomic E-state index is 13.8. The lowest BCUT2D eigenvalue weighted by Gasteiger charge is -2.06. The molecule has 2 aromatic rings. The molecule has 0 saturated heterocycles. The number of rotatable bonds is 2. The van der Waals surface area contributed by atoms with Gasteiger partial charge >= 0.3 is 5.97 Å². The van der Waals surface area contributed by atoms with E-state index < -0.39 is 17.6 Å². The van der Waals surface area contributed by atoms with Crippen LogP contribution in [0.15, 0.2) is 36.4 Å². The van der Waals surface area contributed by atoms with Crippen molar-refractivity contribution in [3.8, 4) is 11.1 Å². The average molecular weight is 269 g/mol. The predicted molar refractivity (Wildman–Crippen MR) is 63.8 cm³/mol. The lowest BCUT2D eigenvalue weighted by Crippen LogP contribution is -1.99. The quantitative estimate of drug-likeness (QED) is 0.894. The van der Waals surface area contributed by atoms with Gasteiger partial charge in [0.1, 0.15) is 11.6 Å². The van der Waals surface area contributed by atoms with E-state index in [0.29, 0.717) is 5.56 Å². The van der Waals surface area contributed by atoms with E-state index in [4.69, 9.17) is 16.7 Å². The second kappa shape index (κ2) is 4.74. The van der Waals surface area contributed by atoms with E-state index in [0.717, 1.165) is 6.07 Å². The van der Waals surface area contributed by atoms with Crippen LogP contribution in [0.5, 0.6) is 0 Å². The highest BCUT2D eigenvalue weighted by Crippen LogP contribution is 2.29. The van der Waals surface area contributed by atoms with Crippen molar-refractivity contribution in [3.63, 3.8) is 0 Å². The molecule has 2 nitrogen and oxygen atoms in total. The Morgan fingerprint density at radius 3 is 2.28 bits per heavy atom. The van der Waals surface area contributed by atoms with E-state index >= 15 is 0 Å². The van der Waals surface area contributed by atoms with Crippen molar-refractivity contribution in [2.24, 2.45) is 0 Å². The summed E-state index contributed by atoms with van der Waals surface area (Å²) in [5.74, 6) is -2.46. The average Bonchev–Trinajstić information content (AvgIpc) is 2.32. The zero-order chi connectivity index (χ0) is 13.3. The van der Waals surface area contributed by atoms with E-state index in [9.17, 15) is 13.6 Å². The molecule has 0 radical (unpaired) electrons. The zero-order valence-electron chi connectivity index (χ0n) is 8.95. The summed E-state index contributed by atoms with van der Waals surface area (Å²) >= 11 is 5.76. The van der Waals surface area contributed by atoms with Crippen LogP contribution in [0.4, 0.5) is 8.78 Å². The number of halogens is 3. The molecule has 0 spiro atoms. The molecule has 92 valence electrons. The van der Waals surface area contributed by atoms with Gasteiger partial charge in [0.25, 0.3) is 0 Å². The van der Waals surface area contributed by atoms with Gasteiger partial charge in [-0.25, -0.2) is 13.6 Å². The summed E-state index contributed by atoms with van der Waals surface area (Å²) in [6.45, 7) is 0. The summed E-state index contributed by atoms with van der Waals surface area (Å²) in [6.07, 6.45) is 0. The third-order valence-corrected chi connectivity index (χ3v) is 2.76. The number of hydrogen-bond donors (Lipinski definition) is 1.